The van der Waals surface area contributed by atoms with E-state index in [9.17, 15) is 0 Å². The van der Waals surface area contributed by atoms with E-state index in [0.29, 0.717) is 0 Å². The molecule has 0 spiro atoms. The van der Waals surface area contributed by atoms with Crippen LogP contribution in [0.4, 0.5) is 0 Å². The Balaban J connectivity index is 0.000001000. The quantitative estimate of drug-likeness (QED) is 0.394. The molecule has 2 heteroatoms. The van der Waals surface area contributed by atoms with Gasteiger partial charge in [0, 0.05) is 26.0 Å². The highest BCUT2D eigenvalue weighted by Gasteiger charge is 2.03. The lowest BCUT2D eigenvalue weighted by molar-refractivity contribution is -0.683. The SMILES string of the molecule is Cc1cc(C)[n+](C)c(C)c1.[I-]. The Hall–Kier alpha value is -0.120. The van der Waals surface area contributed by atoms with Gasteiger partial charge in [0.25, 0.3) is 0 Å². The van der Waals surface area contributed by atoms with Crippen molar-refractivity contribution in [1.82, 2.24) is 0 Å². The van der Waals surface area contributed by atoms with Gasteiger partial charge in [0.2, 0.25) is 0 Å². The van der Waals surface area contributed by atoms with E-state index in [1.807, 2.05) is 0 Å². The maximum atomic E-state index is 2.19. The average molecular weight is 263 g/mol. The fourth-order valence-corrected chi connectivity index (χ4v) is 1.17. The predicted molar refractivity (Wildman–Crippen MR) is 41.8 cm³/mol. The van der Waals surface area contributed by atoms with Crippen molar-refractivity contribution in [3.05, 3.63) is 29.1 Å². The van der Waals surface area contributed by atoms with Crippen molar-refractivity contribution in [2.24, 2.45) is 7.05 Å². The second kappa shape index (κ2) is 4.04. The van der Waals surface area contributed by atoms with Crippen LogP contribution >= 0.6 is 0 Å². The minimum atomic E-state index is 0. The van der Waals surface area contributed by atoms with Gasteiger partial charge in [0.05, 0.1) is 0 Å². The second-order valence-corrected chi connectivity index (χ2v) is 2.87. The summed E-state index contributed by atoms with van der Waals surface area (Å²) in [5.74, 6) is 0. The van der Waals surface area contributed by atoms with Gasteiger partial charge in [-0.3, -0.25) is 0 Å². The molecule has 0 saturated heterocycles. The highest BCUT2D eigenvalue weighted by Crippen LogP contribution is 1.99. The first kappa shape index (κ1) is 10.9. The summed E-state index contributed by atoms with van der Waals surface area (Å²) in [6.07, 6.45) is 0. The number of rotatable bonds is 0. The van der Waals surface area contributed by atoms with Crippen molar-refractivity contribution < 1.29 is 28.5 Å². The number of pyridine rings is 1. The minimum absolute atomic E-state index is 0. The highest BCUT2D eigenvalue weighted by molar-refractivity contribution is 5.13. The van der Waals surface area contributed by atoms with Crippen LogP contribution in [0.15, 0.2) is 12.1 Å². The molecule has 0 aliphatic carbocycles. The Labute approximate surface area is 85.5 Å². The van der Waals surface area contributed by atoms with E-state index in [-0.39, 0.29) is 24.0 Å². The van der Waals surface area contributed by atoms with Crippen LogP contribution in [0.25, 0.3) is 0 Å². The third kappa shape index (κ3) is 2.43. The lowest BCUT2D eigenvalue weighted by Gasteiger charge is -1.98. The molecular formula is C9H14IN. The van der Waals surface area contributed by atoms with Crippen LogP contribution < -0.4 is 28.5 Å². The molecule has 0 bridgehead atoms. The number of aryl methyl sites for hydroxylation is 3. The zero-order valence-corrected chi connectivity index (χ0v) is 9.64. The first-order valence-electron chi connectivity index (χ1n) is 3.55. The fourth-order valence-electron chi connectivity index (χ4n) is 1.17. The molecule has 0 aliphatic rings. The van der Waals surface area contributed by atoms with Crippen LogP contribution in [0, 0.1) is 20.8 Å². The van der Waals surface area contributed by atoms with Gasteiger partial charge >= 0.3 is 0 Å². The minimum Gasteiger partial charge on any atom is -1.00 e. The number of hydrogen-bond donors (Lipinski definition) is 0. The highest BCUT2D eigenvalue weighted by atomic mass is 127. The van der Waals surface area contributed by atoms with Crippen LogP contribution in [-0.2, 0) is 7.05 Å². The maximum absolute atomic E-state index is 2.19. The van der Waals surface area contributed by atoms with Crippen molar-refractivity contribution in [2.75, 3.05) is 0 Å². The first-order chi connectivity index (χ1) is 4.61. The third-order valence-electron chi connectivity index (χ3n) is 1.93. The van der Waals surface area contributed by atoms with Gasteiger partial charge in [-0.2, -0.15) is 0 Å². The topological polar surface area (TPSA) is 3.88 Å². The summed E-state index contributed by atoms with van der Waals surface area (Å²) in [6.45, 7) is 6.38. The first-order valence-corrected chi connectivity index (χ1v) is 3.55. The molecule has 0 amide bonds. The monoisotopic (exact) mass is 263 g/mol. The third-order valence-corrected chi connectivity index (χ3v) is 1.93. The smallest absolute Gasteiger partial charge is 0.178 e. The molecule has 1 aromatic heterocycles. The van der Waals surface area contributed by atoms with Crippen LogP contribution in [-0.4, -0.2) is 0 Å². The number of hydrogen-bond acceptors (Lipinski definition) is 0. The molecule has 1 aromatic rings. The summed E-state index contributed by atoms with van der Waals surface area (Å²) in [5, 5.41) is 0. The van der Waals surface area contributed by atoms with E-state index in [4.69, 9.17) is 0 Å². The summed E-state index contributed by atoms with van der Waals surface area (Å²) >= 11 is 0. The van der Waals surface area contributed by atoms with Crippen LogP contribution in [0.1, 0.15) is 17.0 Å². The molecular weight excluding hydrogens is 249 g/mol. The molecule has 0 N–H and O–H groups in total. The van der Waals surface area contributed by atoms with Crippen molar-refractivity contribution >= 4 is 0 Å². The molecule has 62 valence electrons. The van der Waals surface area contributed by atoms with Gasteiger partial charge in [-0.1, -0.05) is 0 Å². The molecule has 1 heterocycles. The van der Waals surface area contributed by atoms with E-state index in [1.165, 1.54) is 17.0 Å². The van der Waals surface area contributed by atoms with Crippen molar-refractivity contribution in [3.63, 3.8) is 0 Å². The Morgan fingerprint density at radius 1 is 1.00 bits per heavy atom. The molecule has 0 unspecified atom stereocenters. The number of aromatic nitrogens is 1. The largest absolute Gasteiger partial charge is 1.00 e. The fraction of sp³-hybridized carbons (Fsp3) is 0.444. The van der Waals surface area contributed by atoms with E-state index in [0.717, 1.165) is 0 Å². The molecule has 0 atom stereocenters. The maximum Gasteiger partial charge on any atom is 0.178 e. The zero-order chi connectivity index (χ0) is 7.72. The van der Waals surface area contributed by atoms with Crippen molar-refractivity contribution in [3.8, 4) is 0 Å². The van der Waals surface area contributed by atoms with Gasteiger partial charge in [-0.25, -0.2) is 4.57 Å². The number of halogens is 1. The zero-order valence-electron chi connectivity index (χ0n) is 7.48. The van der Waals surface area contributed by atoms with Gasteiger partial charge in [-0.05, 0) is 12.5 Å². The molecule has 1 nitrogen and oxygen atoms in total. The molecule has 0 saturated carbocycles. The molecule has 0 fully saturated rings. The predicted octanol–water partition coefficient (Wildman–Crippen LogP) is -1.56. The van der Waals surface area contributed by atoms with Crippen LogP contribution in [0.5, 0.6) is 0 Å². The average Bonchev–Trinajstić information content (AvgIpc) is 1.82. The Bertz CT molecular complexity index is 233. The second-order valence-electron chi connectivity index (χ2n) is 2.87. The Morgan fingerprint density at radius 2 is 1.36 bits per heavy atom. The van der Waals surface area contributed by atoms with Crippen LogP contribution in [0.3, 0.4) is 0 Å². The number of nitrogens with zero attached hydrogens (tertiary/aromatic N) is 1. The normalized spacial score (nSPS) is 9.09. The van der Waals surface area contributed by atoms with Gasteiger partial charge in [-0.15, -0.1) is 0 Å². The summed E-state index contributed by atoms with van der Waals surface area (Å²) in [6, 6.07) is 4.38. The molecule has 0 radical (unpaired) electrons. The van der Waals surface area contributed by atoms with Crippen LogP contribution in [0.2, 0.25) is 0 Å². The molecule has 0 aliphatic heterocycles. The lowest BCUT2D eigenvalue weighted by atomic mass is 10.2. The summed E-state index contributed by atoms with van der Waals surface area (Å²) in [7, 11) is 2.09. The van der Waals surface area contributed by atoms with E-state index in [2.05, 4.69) is 44.5 Å². The van der Waals surface area contributed by atoms with E-state index < -0.39 is 0 Å². The van der Waals surface area contributed by atoms with Crippen molar-refractivity contribution in [2.45, 2.75) is 20.8 Å². The van der Waals surface area contributed by atoms with E-state index >= 15 is 0 Å². The molecule has 1 rings (SSSR count). The standard InChI is InChI=1S/C9H14N.HI/c1-7-5-8(2)10(4)9(3)6-7;/h5-6H,1-4H3;1H/q+1;/p-1. The van der Waals surface area contributed by atoms with Gasteiger partial charge < -0.3 is 24.0 Å². The summed E-state index contributed by atoms with van der Waals surface area (Å²) < 4.78 is 2.19. The Kier molecular flexibility index (Phi) is 4.00. The summed E-state index contributed by atoms with van der Waals surface area (Å²) in [5.41, 5.74) is 3.98. The summed E-state index contributed by atoms with van der Waals surface area (Å²) in [4.78, 5) is 0. The Morgan fingerprint density at radius 3 is 1.73 bits per heavy atom. The van der Waals surface area contributed by atoms with Crippen molar-refractivity contribution in [1.29, 1.82) is 0 Å². The molecule has 0 aromatic carbocycles. The van der Waals surface area contributed by atoms with Gasteiger partial charge in [0.15, 0.2) is 11.4 Å². The molecule has 11 heavy (non-hydrogen) atoms. The van der Waals surface area contributed by atoms with E-state index in [1.54, 1.807) is 0 Å². The van der Waals surface area contributed by atoms with Gasteiger partial charge in [0.1, 0.15) is 7.05 Å². The lowest BCUT2D eigenvalue weighted by Crippen LogP contribution is -3.00.